The first-order chi connectivity index (χ1) is 13.3. The predicted octanol–water partition coefficient (Wildman–Crippen LogP) is 1.43. The van der Waals surface area contributed by atoms with Gasteiger partial charge in [-0.25, -0.2) is 4.79 Å². The average molecular weight is 386 g/mol. The van der Waals surface area contributed by atoms with Gasteiger partial charge in [0.05, 0.1) is 18.2 Å². The van der Waals surface area contributed by atoms with Crippen molar-refractivity contribution in [3.63, 3.8) is 0 Å². The summed E-state index contributed by atoms with van der Waals surface area (Å²) in [6, 6.07) is 6.15. The number of likely N-dealkylation sites (tertiary alicyclic amines) is 1. The molecule has 1 saturated heterocycles. The molecular formula is C19H22N4O5. The molecule has 148 valence electrons. The van der Waals surface area contributed by atoms with Gasteiger partial charge in [-0.05, 0) is 18.6 Å². The normalized spacial score (nSPS) is 19.4. The Morgan fingerprint density at radius 2 is 2.14 bits per heavy atom. The Morgan fingerprint density at radius 3 is 2.82 bits per heavy atom. The molecule has 2 amide bonds. The van der Waals surface area contributed by atoms with Gasteiger partial charge in [0, 0.05) is 44.0 Å². The van der Waals surface area contributed by atoms with Crippen LogP contribution in [0.3, 0.4) is 0 Å². The lowest BCUT2D eigenvalue weighted by molar-refractivity contribution is -0.141. The summed E-state index contributed by atoms with van der Waals surface area (Å²) in [5, 5.41) is 15.7. The third kappa shape index (κ3) is 4.30. The highest BCUT2D eigenvalue weighted by Crippen LogP contribution is 2.36. The molecule has 0 aliphatic carbocycles. The Hall–Kier alpha value is -3.36. The van der Waals surface area contributed by atoms with Gasteiger partial charge in [-0.3, -0.25) is 14.3 Å². The zero-order valence-corrected chi connectivity index (χ0v) is 15.7. The number of nitrogens with one attached hydrogen (secondary N) is 1. The monoisotopic (exact) mass is 386 g/mol. The average Bonchev–Trinajstić information content (AvgIpc) is 3.08. The number of amides is 2. The molecular weight excluding hydrogens is 364 g/mol. The van der Waals surface area contributed by atoms with Crippen LogP contribution < -0.4 is 10.1 Å². The summed E-state index contributed by atoms with van der Waals surface area (Å²) < 4.78 is 6.78. The van der Waals surface area contributed by atoms with Crippen molar-refractivity contribution in [1.82, 2.24) is 14.7 Å². The highest BCUT2D eigenvalue weighted by molar-refractivity contribution is 5.94. The number of rotatable bonds is 6. The molecule has 2 unspecified atom stereocenters. The van der Waals surface area contributed by atoms with Crippen LogP contribution in [0, 0.1) is 5.92 Å². The van der Waals surface area contributed by atoms with Crippen molar-refractivity contribution in [2.45, 2.75) is 18.9 Å². The van der Waals surface area contributed by atoms with Crippen molar-refractivity contribution in [2.24, 2.45) is 13.0 Å². The number of hydrogen-bond acceptors (Lipinski definition) is 5. The summed E-state index contributed by atoms with van der Waals surface area (Å²) in [6.45, 7) is -0.462. The summed E-state index contributed by atoms with van der Waals surface area (Å²) in [5.74, 6) is -1.40. The minimum absolute atomic E-state index is 0.0121. The van der Waals surface area contributed by atoms with Gasteiger partial charge in [0.25, 0.3) is 0 Å². The van der Waals surface area contributed by atoms with E-state index in [1.54, 1.807) is 60.3 Å². The number of benzene rings is 1. The van der Waals surface area contributed by atoms with Crippen molar-refractivity contribution < 1.29 is 24.2 Å². The van der Waals surface area contributed by atoms with Gasteiger partial charge >= 0.3 is 5.97 Å². The van der Waals surface area contributed by atoms with Crippen molar-refractivity contribution in [3.05, 3.63) is 42.2 Å². The van der Waals surface area contributed by atoms with Crippen LogP contribution in [0.5, 0.6) is 5.75 Å². The molecule has 9 nitrogen and oxygen atoms in total. The highest BCUT2D eigenvalue weighted by Gasteiger charge is 2.39. The van der Waals surface area contributed by atoms with Gasteiger partial charge in [-0.2, -0.15) is 5.10 Å². The fourth-order valence-corrected chi connectivity index (χ4v) is 3.41. The molecule has 0 spiro atoms. The van der Waals surface area contributed by atoms with Crippen LogP contribution >= 0.6 is 0 Å². The Morgan fingerprint density at radius 1 is 1.36 bits per heavy atom. The third-order valence-corrected chi connectivity index (χ3v) is 4.73. The SMILES string of the molecule is CN1C(=O)CCC(C(=O)Nc2cccc(OCC(=O)O)c2)C1c1cnn(C)c1. The molecule has 9 heteroatoms. The molecule has 1 aliphatic heterocycles. The van der Waals surface area contributed by atoms with E-state index in [-0.39, 0.29) is 11.8 Å². The Balaban J connectivity index is 1.77. The van der Waals surface area contributed by atoms with Crippen molar-refractivity contribution in [1.29, 1.82) is 0 Å². The standard InChI is InChI=1S/C19H22N4O5/c1-22-10-12(9-20-22)18-15(6-7-16(24)23(18)2)19(27)21-13-4-3-5-14(8-13)28-11-17(25)26/h3-5,8-10,15,18H,6-7,11H2,1-2H3,(H,21,27)(H,25,26). The number of piperidine rings is 1. The molecule has 1 aliphatic rings. The third-order valence-electron chi connectivity index (χ3n) is 4.73. The minimum atomic E-state index is -1.08. The molecule has 2 aromatic rings. The summed E-state index contributed by atoms with van der Waals surface area (Å²) in [4.78, 5) is 37.4. The molecule has 0 saturated carbocycles. The second kappa shape index (κ2) is 8.12. The topological polar surface area (TPSA) is 114 Å². The maximum atomic E-state index is 13.0. The molecule has 0 radical (unpaired) electrons. The van der Waals surface area contributed by atoms with Crippen LogP contribution in [-0.4, -0.2) is 51.2 Å². The number of nitrogens with zero attached hydrogens (tertiary/aromatic N) is 3. The van der Waals surface area contributed by atoms with E-state index in [0.717, 1.165) is 5.56 Å². The van der Waals surface area contributed by atoms with E-state index >= 15 is 0 Å². The van der Waals surface area contributed by atoms with E-state index < -0.39 is 24.5 Å². The number of carboxylic acids is 1. The molecule has 2 N–H and O–H groups in total. The van der Waals surface area contributed by atoms with Crippen molar-refractivity contribution in [2.75, 3.05) is 19.0 Å². The van der Waals surface area contributed by atoms with Gasteiger partial charge in [0.15, 0.2) is 6.61 Å². The number of aromatic nitrogens is 2. The van der Waals surface area contributed by atoms with E-state index in [2.05, 4.69) is 10.4 Å². The number of ether oxygens (including phenoxy) is 1. The van der Waals surface area contributed by atoms with Crippen molar-refractivity contribution in [3.8, 4) is 5.75 Å². The first kappa shape index (κ1) is 19.4. The first-order valence-corrected chi connectivity index (χ1v) is 8.85. The molecule has 2 heterocycles. The summed E-state index contributed by atoms with van der Waals surface area (Å²) in [6.07, 6.45) is 4.21. The van der Waals surface area contributed by atoms with Crippen LogP contribution in [0.4, 0.5) is 5.69 Å². The molecule has 0 bridgehead atoms. The van der Waals surface area contributed by atoms with E-state index in [0.29, 0.717) is 24.3 Å². The molecule has 1 aromatic carbocycles. The molecule has 28 heavy (non-hydrogen) atoms. The number of hydrogen-bond donors (Lipinski definition) is 2. The maximum Gasteiger partial charge on any atom is 0.341 e. The molecule has 1 aromatic heterocycles. The molecule has 3 rings (SSSR count). The Bertz CT molecular complexity index is 894. The summed E-state index contributed by atoms with van der Waals surface area (Å²) in [5.41, 5.74) is 1.30. The zero-order valence-electron chi connectivity index (χ0n) is 15.7. The predicted molar refractivity (Wildman–Crippen MR) is 99.6 cm³/mol. The van der Waals surface area contributed by atoms with Gasteiger partial charge in [0.2, 0.25) is 11.8 Å². The van der Waals surface area contributed by atoms with Crippen LogP contribution in [-0.2, 0) is 21.4 Å². The second-order valence-electron chi connectivity index (χ2n) is 6.74. The van der Waals surface area contributed by atoms with Crippen molar-refractivity contribution >= 4 is 23.5 Å². The fourth-order valence-electron chi connectivity index (χ4n) is 3.41. The van der Waals surface area contributed by atoms with Crippen LogP contribution in [0.2, 0.25) is 0 Å². The van der Waals surface area contributed by atoms with Crippen LogP contribution in [0.1, 0.15) is 24.4 Å². The van der Waals surface area contributed by atoms with E-state index in [4.69, 9.17) is 9.84 Å². The number of carbonyl (C=O) groups is 3. The maximum absolute atomic E-state index is 13.0. The Kier molecular flexibility index (Phi) is 5.62. The van der Waals surface area contributed by atoms with Gasteiger partial charge in [-0.1, -0.05) is 6.07 Å². The van der Waals surface area contributed by atoms with E-state index in [1.807, 2.05) is 0 Å². The van der Waals surface area contributed by atoms with E-state index in [9.17, 15) is 14.4 Å². The highest BCUT2D eigenvalue weighted by atomic mass is 16.5. The lowest BCUT2D eigenvalue weighted by Crippen LogP contribution is -2.44. The lowest BCUT2D eigenvalue weighted by atomic mass is 9.85. The Labute approximate surface area is 161 Å². The van der Waals surface area contributed by atoms with Gasteiger partial charge in [0.1, 0.15) is 5.75 Å². The minimum Gasteiger partial charge on any atom is -0.482 e. The number of carboxylic acid groups (broad SMARTS) is 1. The number of anilines is 1. The number of carbonyl (C=O) groups excluding carboxylic acids is 2. The quantitative estimate of drug-likeness (QED) is 0.776. The first-order valence-electron chi connectivity index (χ1n) is 8.85. The summed E-state index contributed by atoms with van der Waals surface area (Å²) >= 11 is 0. The lowest BCUT2D eigenvalue weighted by Gasteiger charge is -2.37. The van der Waals surface area contributed by atoms with Gasteiger partial charge in [-0.15, -0.1) is 0 Å². The molecule has 2 atom stereocenters. The largest absolute Gasteiger partial charge is 0.482 e. The smallest absolute Gasteiger partial charge is 0.341 e. The number of aryl methyl sites for hydroxylation is 1. The zero-order chi connectivity index (χ0) is 20.3. The number of aliphatic carboxylic acids is 1. The van der Waals surface area contributed by atoms with E-state index in [1.165, 1.54) is 0 Å². The molecule has 1 fully saturated rings. The second-order valence-corrected chi connectivity index (χ2v) is 6.74. The van der Waals surface area contributed by atoms with Crippen LogP contribution in [0.25, 0.3) is 0 Å². The summed E-state index contributed by atoms with van der Waals surface area (Å²) in [7, 11) is 3.48. The van der Waals surface area contributed by atoms with Gasteiger partial charge < -0.3 is 20.1 Å². The fraction of sp³-hybridized carbons (Fsp3) is 0.368. The van der Waals surface area contributed by atoms with Crippen LogP contribution in [0.15, 0.2) is 36.7 Å².